The summed E-state index contributed by atoms with van der Waals surface area (Å²) in [4.78, 5) is 12.3. The summed E-state index contributed by atoms with van der Waals surface area (Å²) < 4.78 is 10.2. The van der Waals surface area contributed by atoms with Gasteiger partial charge in [0.1, 0.15) is 0 Å². The minimum atomic E-state index is -0.144. The third kappa shape index (κ3) is 3.40. The van der Waals surface area contributed by atoms with E-state index in [1.54, 1.807) is 14.2 Å². The minimum Gasteiger partial charge on any atom is -0.382 e. The highest BCUT2D eigenvalue weighted by Crippen LogP contribution is 2.28. The third-order valence-corrected chi connectivity index (χ3v) is 3.23. The van der Waals surface area contributed by atoms with Crippen LogP contribution in [0.2, 0.25) is 0 Å². The maximum absolute atomic E-state index is 12.3. The number of hydrogen-bond acceptors (Lipinski definition) is 5. The number of nitrogens with one attached hydrogen (secondary N) is 3. The number of methoxy groups -OCH3 is 2. The molecule has 0 aromatic heterocycles. The van der Waals surface area contributed by atoms with E-state index in [1.807, 2.05) is 18.2 Å². The standard InChI is InChI=1S/C14H21N3O3/c1-19-9-10(20-2)8-17-14(18)11-4-3-5-12-13(11)16-7-6-15-12/h3-5,10,15-16H,6-9H2,1-2H3,(H,17,18). The van der Waals surface area contributed by atoms with Crippen LogP contribution in [0.5, 0.6) is 0 Å². The maximum atomic E-state index is 12.3. The molecule has 0 fully saturated rings. The predicted octanol–water partition coefficient (Wildman–Crippen LogP) is 0.915. The number of rotatable bonds is 6. The summed E-state index contributed by atoms with van der Waals surface area (Å²) in [6, 6.07) is 5.64. The van der Waals surface area contributed by atoms with Crippen molar-refractivity contribution in [2.45, 2.75) is 6.10 Å². The molecule has 2 rings (SSSR count). The van der Waals surface area contributed by atoms with Crippen molar-refractivity contribution >= 4 is 17.3 Å². The molecule has 3 N–H and O–H groups in total. The molecule has 0 saturated carbocycles. The zero-order valence-electron chi connectivity index (χ0n) is 11.9. The van der Waals surface area contributed by atoms with E-state index in [0.717, 1.165) is 24.5 Å². The Labute approximate surface area is 118 Å². The molecule has 1 heterocycles. The van der Waals surface area contributed by atoms with Crippen LogP contribution in [0.1, 0.15) is 10.4 Å². The second kappa shape index (κ2) is 7.12. The summed E-state index contributed by atoms with van der Waals surface area (Å²) in [6.45, 7) is 2.53. The summed E-state index contributed by atoms with van der Waals surface area (Å²) in [6.07, 6.45) is -0.144. The van der Waals surface area contributed by atoms with Crippen molar-refractivity contribution in [1.82, 2.24) is 5.32 Å². The highest BCUT2D eigenvalue weighted by Gasteiger charge is 2.18. The van der Waals surface area contributed by atoms with Gasteiger partial charge in [-0.3, -0.25) is 4.79 Å². The van der Waals surface area contributed by atoms with Gasteiger partial charge in [0.2, 0.25) is 0 Å². The molecule has 1 aromatic carbocycles. The summed E-state index contributed by atoms with van der Waals surface area (Å²) in [7, 11) is 3.21. The van der Waals surface area contributed by atoms with E-state index in [0.29, 0.717) is 18.7 Å². The van der Waals surface area contributed by atoms with Crippen molar-refractivity contribution in [3.05, 3.63) is 23.8 Å². The second-order valence-corrected chi connectivity index (χ2v) is 4.60. The molecule has 0 spiro atoms. The van der Waals surface area contributed by atoms with E-state index in [9.17, 15) is 4.79 Å². The number of ether oxygens (including phenoxy) is 2. The van der Waals surface area contributed by atoms with Crippen molar-refractivity contribution in [3.63, 3.8) is 0 Å². The zero-order valence-corrected chi connectivity index (χ0v) is 11.9. The Kier molecular flexibility index (Phi) is 5.20. The van der Waals surface area contributed by atoms with Crippen LogP contribution in [0, 0.1) is 0 Å². The molecule has 6 heteroatoms. The van der Waals surface area contributed by atoms with Crippen molar-refractivity contribution in [2.75, 3.05) is 51.1 Å². The molecule has 1 amide bonds. The zero-order chi connectivity index (χ0) is 14.4. The van der Waals surface area contributed by atoms with Gasteiger partial charge in [-0.15, -0.1) is 0 Å². The number of carbonyl (C=O) groups is 1. The number of anilines is 2. The molecule has 0 aliphatic carbocycles. The first-order chi connectivity index (χ1) is 9.76. The van der Waals surface area contributed by atoms with Gasteiger partial charge in [0, 0.05) is 33.9 Å². The van der Waals surface area contributed by atoms with Gasteiger partial charge in [0.25, 0.3) is 5.91 Å². The largest absolute Gasteiger partial charge is 0.382 e. The maximum Gasteiger partial charge on any atom is 0.253 e. The smallest absolute Gasteiger partial charge is 0.253 e. The van der Waals surface area contributed by atoms with Gasteiger partial charge in [0.05, 0.1) is 29.6 Å². The van der Waals surface area contributed by atoms with E-state index in [4.69, 9.17) is 9.47 Å². The average molecular weight is 279 g/mol. The van der Waals surface area contributed by atoms with Gasteiger partial charge in [-0.2, -0.15) is 0 Å². The fourth-order valence-electron chi connectivity index (χ4n) is 2.16. The summed E-state index contributed by atoms with van der Waals surface area (Å²) >= 11 is 0. The highest BCUT2D eigenvalue weighted by molar-refractivity contribution is 6.02. The van der Waals surface area contributed by atoms with Crippen LogP contribution in [0.3, 0.4) is 0 Å². The number of carbonyl (C=O) groups excluding carboxylic acids is 1. The fourth-order valence-corrected chi connectivity index (χ4v) is 2.16. The lowest BCUT2D eigenvalue weighted by Gasteiger charge is -2.22. The number of benzene rings is 1. The molecule has 1 aromatic rings. The van der Waals surface area contributed by atoms with Gasteiger partial charge in [0.15, 0.2) is 0 Å². The third-order valence-electron chi connectivity index (χ3n) is 3.23. The Bertz CT molecular complexity index is 465. The summed E-state index contributed by atoms with van der Waals surface area (Å²) in [5, 5.41) is 9.40. The van der Waals surface area contributed by atoms with Gasteiger partial charge in [-0.1, -0.05) is 6.07 Å². The van der Waals surface area contributed by atoms with E-state index in [2.05, 4.69) is 16.0 Å². The predicted molar refractivity (Wildman–Crippen MR) is 78.4 cm³/mol. The fraction of sp³-hybridized carbons (Fsp3) is 0.500. The van der Waals surface area contributed by atoms with Crippen LogP contribution in [-0.2, 0) is 9.47 Å². The Morgan fingerprint density at radius 3 is 2.90 bits per heavy atom. The molecule has 0 bridgehead atoms. The van der Waals surface area contributed by atoms with Crippen LogP contribution >= 0.6 is 0 Å². The Morgan fingerprint density at radius 2 is 2.15 bits per heavy atom. The van der Waals surface area contributed by atoms with Crippen LogP contribution < -0.4 is 16.0 Å². The molecule has 0 saturated heterocycles. The lowest BCUT2D eigenvalue weighted by Crippen LogP contribution is -2.36. The van der Waals surface area contributed by atoms with Crippen molar-refractivity contribution in [3.8, 4) is 0 Å². The quantitative estimate of drug-likeness (QED) is 0.722. The van der Waals surface area contributed by atoms with Crippen LogP contribution in [0.4, 0.5) is 11.4 Å². The molecule has 1 atom stereocenters. The first kappa shape index (κ1) is 14.6. The van der Waals surface area contributed by atoms with Crippen LogP contribution in [0.15, 0.2) is 18.2 Å². The van der Waals surface area contributed by atoms with Crippen molar-refractivity contribution in [1.29, 1.82) is 0 Å². The molecular weight excluding hydrogens is 258 g/mol. The Balaban J connectivity index is 2.02. The summed E-state index contributed by atoms with van der Waals surface area (Å²) in [5.74, 6) is -0.115. The van der Waals surface area contributed by atoms with Gasteiger partial charge in [-0.05, 0) is 12.1 Å². The van der Waals surface area contributed by atoms with E-state index < -0.39 is 0 Å². The number of hydrogen-bond donors (Lipinski definition) is 3. The lowest BCUT2D eigenvalue weighted by molar-refractivity contribution is 0.0285. The van der Waals surface area contributed by atoms with Crippen LogP contribution in [0.25, 0.3) is 0 Å². The molecular formula is C14H21N3O3. The minimum absolute atomic E-state index is 0.115. The monoisotopic (exact) mass is 279 g/mol. The van der Waals surface area contributed by atoms with E-state index in [1.165, 1.54) is 0 Å². The lowest BCUT2D eigenvalue weighted by atomic mass is 10.1. The topological polar surface area (TPSA) is 71.6 Å². The van der Waals surface area contributed by atoms with Gasteiger partial charge < -0.3 is 25.4 Å². The molecule has 1 aliphatic rings. The Morgan fingerprint density at radius 1 is 1.35 bits per heavy atom. The first-order valence-electron chi connectivity index (χ1n) is 6.67. The van der Waals surface area contributed by atoms with Crippen molar-refractivity contribution in [2.24, 2.45) is 0 Å². The number of fused-ring (bicyclic) bond motifs is 1. The first-order valence-corrected chi connectivity index (χ1v) is 6.67. The average Bonchev–Trinajstić information content (AvgIpc) is 2.50. The van der Waals surface area contributed by atoms with Crippen LogP contribution in [-0.4, -0.2) is 52.5 Å². The molecule has 1 unspecified atom stereocenters. The SMILES string of the molecule is COCC(CNC(=O)c1cccc2c1NCCN2)OC. The normalized spacial score (nSPS) is 14.7. The molecule has 20 heavy (non-hydrogen) atoms. The van der Waals surface area contributed by atoms with Gasteiger partial charge >= 0.3 is 0 Å². The number of para-hydroxylation sites is 1. The summed E-state index contributed by atoms with van der Waals surface area (Å²) in [5.41, 5.74) is 2.46. The molecule has 1 aliphatic heterocycles. The highest BCUT2D eigenvalue weighted by atomic mass is 16.5. The number of amides is 1. The van der Waals surface area contributed by atoms with Crippen molar-refractivity contribution < 1.29 is 14.3 Å². The van der Waals surface area contributed by atoms with E-state index in [-0.39, 0.29) is 12.0 Å². The molecule has 110 valence electrons. The van der Waals surface area contributed by atoms with Gasteiger partial charge in [-0.25, -0.2) is 0 Å². The second-order valence-electron chi connectivity index (χ2n) is 4.60. The van der Waals surface area contributed by atoms with E-state index >= 15 is 0 Å². The molecule has 0 radical (unpaired) electrons. The Hall–Kier alpha value is -1.79. The molecule has 6 nitrogen and oxygen atoms in total.